The van der Waals surface area contributed by atoms with Crippen LogP contribution >= 0.6 is 0 Å². The summed E-state index contributed by atoms with van der Waals surface area (Å²) in [4.78, 5) is 28.5. The SMILES string of the molecule is CC(C)n1nc(C(=O)NCC2(N3CCOCC3)CCCCC2)c2ccccc2c1=O. The monoisotopic (exact) mass is 412 g/mol. The number of aromatic nitrogens is 2. The summed E-state index contributed by atoms with van der Waals surface area (Å²) in [6.07, 6.45) is 5.81. The van der Waals surface area contributed by atoms with Crippen LogP contribution in [0.5, 0.6) is 0 Å². The van der Waals surface area contributed by atoms with Crippen LogP contribution in [0.25, 0.3) is 10.8 Å². The van der Waals surface area contributed by atoms with Crippen LogP contribution in [0, 0.1) is 0 Å². The maximum atomic E-state index is 13.3. The van der Waals surface area contributed by atoms with E-state index in [9.17, 15) is 9.59 Å². The minimum Gasteiger partial charge on any atom is -0.379 e. The first-order valence-corrected chi connectivity index (χ1v) is 11.1. The van der Waals surface area contributed by atoms with Crippen molar-refractivity contribution >= 4 is 16.7 Å². The molecule has 1 saturated heterocycles. The molecule has 1 saturated carbocycles. The van der Waals surface area contributed by atoms with E-state index < -0.39 is 0 Å². The van der Waals surface area contributed by atoms with Crippen molar-refractivity contribution in [2.75, 3.05) is 32.8 Å². The fourth-order valence-electron chi connectivity index (χ4n) is 4.91. The summed E-state index contributed by atoms with van der Waals surface area (Å²) in [5.74, 6) is -0.209. The second-order valence-electron chi connectivity index (χ2n) is 8.80. The van der Waals surface area contributed by atoms with Gasteiger partial charge in [-0.1, -0.05) is 37.5 Å². The van der Waals surface area contributed by atoms with Crippen LogP contribution in [-0.4, -0.2) is 59.0 Å². The van der Waals surface area contributed by atoms with Gasteiger partial charge < -0.3 is 10.1 Å². The number of hydrogen-bond acceptors (Lipinski definition) is 5. The Morgan fingerprint density at radius 1 is 1.13 bits per heavy atom. The molecule has 0 bridgehead atoms. The molecule has 2 fully saturated rings. The molecule has 0 radical (unpaired) electrons. The summed E-state index contributed by atoms with van der Waals surface area (Å²) in [5, 5.41) is 8.79. The molecule has 1 N–H and O–H groups in total. The van der Waals surface area contributed by atoms with Gasteiger partial charge in [0, 0.05) is 30.6 Å². The Morgan fingerprint density at radius 2 is 1.80 bits per heavy atom. The molecule has 0 unspecified atom stereocenters. The van der Waals surface area contributed by atoms with E-state index in [1.807, 2.05) is 32.0 Å². The van der Waals surface area contributed by atoms with Gasteiger partial charge in [-0.3, -0.25) is 14.5 Å². The Bertz CT molecular complexity index is 957. The van der Waals surface area contributed by atoms with Crippen LogP contribution in [0.1, 0.15) is 62.5 Å². The first kappa shape index (κ1) is 21.0. The minimum absolute atomic E-state index is 0.0139. The van der Waals surface area contributed by atoms with Crippen LogP contribution in [-0.2, 0) is 4.74 Å². The summed E-state index contributed by atoms with van der Waals surface area (Å²) in [7, 11) is 0. The third kappa shape index (κ3) is 4.01. The molecule has 7 nitrogen and oxygen atoms in total. The number of nitrogens with one attached hydrogen (secondary N) is 1. The zero-order chi connectivity index (χ0) is 21.1. The molecule has 7 heteroatoms. The lowest BCUT2D eigenvalue weighted by Crippen LogP contribution is -2.59. The molecule has 1 aromatic heterocycles. The molecule has 2 aromatic rings. The highest BCUT2D eigenvalue weighted by Crippen LogP contribution is 2.34. The number of benzene rings is 1. The van der Waals surface area contributed by atoms with Crippen molar-refractivity contribution in [2.24, 2.45) is 0 Å². The average molecular weight is 413 g/mol. The van der Waals surface area contributed by atoms with E-state index in [0.717, 1.165) is 39.1 Å². The van der Waals surface area contributed by atoms with E-state index in [0.29, 0.717) is 23.0 Å². The van der Waals surface area contributed by atoms with E-state index in [1.54, 1.807) is 6.07 Å². The summed E-state index contributed by atoms with van der Waals surface area (Å²) < 4.78 is 6.97. The molecule has 2 aliphatic rings. The Hall–Kier alpha value is -2.25. The largest absolute Gasteiger partial charge is 0.379 e. The molecule has 162 valence electrons. The zero-order valence-corrected chi connectivity index (χ0v) is 18.0. The predicted octanol–water partition coefficient (Wildman–Crippen LogP) is 2.74. The summed E-state index contributed by atoms with van der Waals surface area (Å²) in [5.41, 5.74) is 0.154. The van der Waals surface area contributed by atoms with E-state index >= 15 is 0 Å². The molecule has 1 aliphatic heterocycles. The van der Waals surface area contributed by atoms with Gasteiger partial charge in [-0.25, -0.2) is 4.68 Å². The van der Waals surface area contributed by atoms with E-state index in [1.165, 1.54) is 23.9 Å². The van der Waals surface area contributed by atoms with Crippen molar-refractivity contribution in [3.63, 3.8) is 0 Å². The number of nitrogens with zero attached hydrogens (tertiary/aromatic N) is 3. The highest BCUT2D eigenvalue weighted by Gasteiger charge is 2.39. The fraction of sp³-hybridized carbons (Fsp3) is 0.609. The topological polar surface area (TPSA) is 76.5 Å². The lowest BCUT2D eigenvalue weighted by atomic mass is 9.79. The van der Waals surface area contributed by atoms with Crippen LogP contribution < -0.4 is 10.9 Å². The van der Waals surface area contributed by atoms with Gasteiger partial charge in [0.2, 0.25) is 0 Å². The van der Waals surface area contributed by atoms with Gasteiger partial charge in [-0.05, 0) is 32.8 Å². The minimum atomic E-state index is -0.209. The van der Waals surface area contributed by atoms with Gasteiger partial charge >= 0.3 is 0 Å². The maximum absolute atomic E-state index is 13.3. The lowest BCUT2D eigenvalue weighted by Gasteiger charge is -2.48. The quantitative estimate of drug-likeness (QED) is 0.817. The van der Waals surface area contributed by atoms with Crippen molar-refractivity contribution in [3.8, 4) is 0 Å². The molecule has 1 aliphatic carbocycles. The van der Waals surface area contributed by atoms with E-state index in [4.69, 9.17) is 4.74 Å². The number of hydrogen-bond donors (Lipinski definition) is 1. The first-order chi connectivity index (χ1) is 14.5. The third-order valence-electron chi connectivity index (χ3n) is 6.58. The van der Waals surface area contributed by atoms with Gasteiger partial charge in [0.1, 0.15) is 0 Å². The predicted molar refractivity (Wildman–Crippen MR) is 117 cm³/mol. The third-order valence-corrected chi connectivity index (χ3v) is 6.58. The molecule has 1 aromatic carbocycles. The number of carbonyl (C=O) groups is 1. The number of amides is 1. The molecule has 1 amide bonds. The molecule has 2 heterocycles. The second-order valence-corrected chi connectivity index (χ2v) is 8.80. The van der Waals surface area contributed by atoms with Gasteiger partial charge in [0.05, 0.1) is 24.6 Å². The summed E-state index contributed by atoms with van der Waals surface area (Å²) >= 11 is 0. The number of morpholine rings is 1. The van der Waals surface area contributed by atoms with Crippen LogP contribution in [0.2, 0.25) is 0 Å². The molecule has 4 rings (SSSR count). The highest BCUT2D eigenvalue weighted by molar-refractivity contribution is 6.04. The molecule has 0 atom stereocenters. The molecular formula is C23H32N4O3. The summed E-state index contributed by atoms with van der Waals surface area (Å²) in [6.45, 7) is 7.73. The van der Waals surface area contributed by atoms with Gasteiger partial charge in [-0.2, -0.15) is 5.10 Å². The smallest absolute Gasteiger partial charge is 0.274 e. The Morgan fingerprint density at radius 3 is 2.47 bits per heavy atom. The molecule has 30 heavy (non-hydrogen) atoms. The Balaban J connectivity index is 1.62. The van der Waals surface area contributed by atoms with E-state index in [-0.39, 0.29) is 23.0 Å². The number of ether oxygens (including phenoxy) is 1. The Labute approximate surface area is 177 Å². The van der Waals surface area contributed by atoms with Crippen molar-refractivity contribution in [1.29, 1.82) is 0 Å². The lowest BCUT2D eigenvalue weighted by molar-refractivity contribution is -0.0361. The molecular weight excluding hydrogens is 380 g/mol. The van der Waals surface area contributed by atoms with E-state index in [2.05, 4.69) is 15.3 Å². The number of carbonyl (C=O) groups excluding carboxylic acids is 1. The summed E-state index contributed by atoms with van der Waals surface area (Å²) in [6, 6.07) is 7.13. The second kappa shape index (κ2) is 8.86. The van der Waals surface area contributed by atoms with Gasteiger partial charge in [0.15, 0.2) is 5.69 Å². The van der Waals surface area contributed by atoms with Crippen molar-refractivity contribution in [1.82, 2.24) is 20.0 Å². The molecule has 0 spiro atoms. The Kier molecular flexibility index (Phi) is 6.20. The van der Waals surface area contributed by atoms with Crippen LogP contribution in [0.15, 0.2) is 29.1 Å². The number of rotatable bonds is 5. The maximum Gasteiger partial charge on any atom is 0.274 e. The van der Waals surface area contributed by atoms with Gasteiger partial charge in [0.25, 0.3) is 11.5 Å². The first-order valence-electron chi connectivity index (χ1n) is 11.1. The van der Waals surface area contributed by atoms with Crippen LogP contribution in [0.3, 0.4) is 0 Å². The zero-order valence-electron chi connectivity index (χ0n) is 18.0. The highest BCUT2D eigenvalue weighted by atomic mass is 16.5. The number of fused-ring (bicyclic) bond motifs is 1. The van der Waals surface area contributed by atoms with Crippen molar-refractivity contribution in [2.45, 2.75) is 57.5 Å². The van der Waals surface area contributed by atoms with Crippen molar-refractivity contribution in [3.05, 3.63) is 40.3 Å². The normalized spacial score (nSPS) is 19.8. The standard InChI is InChI=1S/C23H32N4O3/c1-17(2)27-22(29)19-9-5-4-8-18(19)20(25-27)21(28)24-16-23(10-6-3-7-11-23)26-12-14-30-15-13-26/h4-5,8-9,17H,3,6-7,10-16H2,1-2H3,(H,24,28). The van der Waals surface area contributed by atoms with Crippen LogP contribution in [0.4, 0.5) is 0 Å². The fourth-order valence-corrected chi connectivity index (χ4v) is 4.91. The van der Waals surface area contributed by atoms with Crippen molar-refractivity contribution < 1.29 is 9.53 Å². The average Bonchev–Trinajstić information content (AvgIpc) is 2.79. The van der Waals surface area contributed by atoms with Gasteiger partial charge in [-0.15, -0.1) is 0 Å².